The van der Waals surface area contributed by atoms with Crippen LogP contribution < -0.4 is 5.32 Å². The largest absolute Gasteiger partial charge is 0.337 e. The SMILES string of the molecule is Cn1cc([C@@H]2CCCN2C(=O)NCC2(CC#N)CC2)cn1. The Bertz CT molecular complexity index is 569. The van der Waals surface area contributed by atoms with Gasteiger partial charge in [0.2, 0.25) is 0 Å². The van der Waals surface area contributed by atoms with Crippen LogP contribution in [-0.2, 0) is 7.05 Å². The number of amides is 2. The van der Waals surface area contributed by atoms with Crippen LogP contribution in [0.4, 0.5) is 4.79 Å². The van der Waals surface area contributed by atoms with E-state index < -0.39 is 0 Å². The Balaban J connectivity index is 1.60. The number of hydrogen-bond acceptors (Lipinski definition) is 3. The van der Waals surface area contributed by atoms with Gasteiger partial charge in [-0.15, -0.1) is 0 Å². The summed E-state index contributed by atoms with van der Waals surface area (Å²) in [6, 6.07) is 2.35. The van der Waals surface area contributed by atoms with E-state index in [0.29, 0.717) is 13.0 Å². The van der Waals surface area contributed by atoms with Crippen LogP contribution in [0.5, 0.6) is 0 Å². The first-order valence-corrected chi connectivity index (χ1v) is 7.53. The second-order valence-electron chi connectivity index (χ2n) is 6.29. The summed E-state index contributed by atoms with van der Waals surface area (Å²) in [5, 5.41) is 16.1. The second kappa shape index (κ2) is 5.40. The van der Waals surface area contributed by atoms with Gasteiger partial charge in [-0.2, -0.15) is 10.4 Å². The lowest BCUT2D eigenvalue weighted by molar-refractivity contribution is 0.190. The lowest BCUT2D eigenvalue weighted by Crippen LogP contribution is -2.41. The van der Waals surface area contributed by atoms with Crippen LogP contribution in [0.25, 0.3) is 0 Å². The zero-order chi connectivity index (χ0) is 14.9. The average molecular weight is 287 g/mol. The molecular formula is C15H21N5O. The van der Waals surface area contributed by atoms with E-state index in [1.54, 1.807) is 4.68 Å². The van der Waals surface area contributed by atoms with Gasteiger partial charge in [0.25, 0.3) is 0 Å². The lowest BCUT2D eigenvalue weighted by atomic mass is 10.0. The smallest absolute Gasteiger partial charge is 0.317 e. The van der Waals surface area contributed by atoms with Crippen molar-refractivity contribution in [2.24, 2.45) is 12.5 Å². The van der Waals surface area contributed by atoms with Crippen molar-refractivity contribution in [2.45, 2.75) is 38.1 Å². The number of nitrogens with one attached hydrogen (secondary N) is 1. The average Bonchev–Trinajstić information content (AvgIpc) is 2.89. The maximum absolute atomic E-state index is 12.4. The number of rotatable bonds is 4. The fourth-order valence-corrected chi connectivity index (χ4v) is 3.09. The van der Waals surface area contributed by atoms with Crippen molar-refractivity contribution >= 4 is 6.03 Å². The fourth-order valence-electron chi connectivity index (χ4n) is 3.09. The first-order chi connectivity index (χ1) is 10.1. The standard InChI is InChI=1S/C15H21N5O/c1-19-10-12(9-18-19)13-3-2-8-20(13)14(21)17-11-15(4-5-15)6-7-16/h9-10,13H,2-6,8,11H2,1H3,(H,17,21)/t13-/m0/s1. The van der Waals surface area contributed by atoms with Crippen molar-refractivity contribution < 1.29 is 4.79 Å². The highest BCUT2D eigenvalue weighted by atomic mass is 16.2. The monoisotopic (exact) mass is 287 g/mol. The molecule has 112 valence electrons. The Labute approximate surface area is 124 Å². The molecule has 1 aromatic rings. The van der Waals surface area contributed by atoms with Crippen LogP contribution in [0, 0.1) is 16.7 Å². The van der Waals surface area contributed by atoms with Gasteiger partial charge in [0.15, 0.2) is 0 Å². The highest BCUT2D eigenvalue weighted by Gasteiger charge is 2.43. The van der Waals surface area contributed by atoms with E-state index >= 15 is 0 Å². The molecule has 21 heavy (non-hydrogen) atoms. The molecular weight excluding hydrogens is 266 g/mol. The Morgan fingerprint density at radius 3 is 3.05 bits per heavy atom. The predicted molar refractivity (Wildman–Crippen MR) is 77.2 cm³/mol. The van der Waals surface area contributed by atoms with E-state index in [0.717, 1.165) is 37.8 Å². The Hall–Kier alpha value is -2.03. The number of nitrogens with zero attached hydrogens (tertiary/aromatic N) is 4. The van der Waals surface area contributed by atoms with E-state index in [-0.39, 0.29) is 17.5 Å². The van der Waals surface area contributed by atoms with Crippen LogP contribution in [0.3, 0.4) is 0 Å². The van der Waals surface area contributed by atoms with Crippen LogP contribution in [-0.4, -0.2) is 33.8 Å². The number of carbonyl (C=O) groups excluding carboxylic acids is 1. The van der Waals surface area contributed by atoms with Gasteiger partial charge in [0, 0.05) is 43.7 Å². The molecule has 2 amide bonds. The highest BCUT2D eigenvalue weighted by Crippen LogP contribution is 2.48. The number of aromatic nitrogens is 2. The Kier molecular flexibility index (Phi) is 3.58. The minimum Gasteiger partial charge on any atom is -0.337 e. The molecule has 0 unspecified atom stereocenters. The summed E-state index contributed by atoms with van der Waals surface area (Å²) in [4.78, 5) is 14.3. The van der Waals surface area contributed by atoms with Crippen molar-refractivity contribution in [3.63, 3.8) is 0 Å². The molecule has 1 aromatic heterocycles. The van der Waals surface area contributed by atoms with Gasteiger partial charge in [0.1, 0.15) is 0 Å². The van der Waals surface area contributed by atoms with Crippen LogP contribution in [0.2, 0.25) is 0 Å². The summed E-state index contributed by atoms with van der Waals surface area (Å²) in [7, 11) is 1.89. The quantitative estimate of drug-likeness (QED) is 0.920. The van der Waals surface area contributed by atoms with Crippen molar-refractivity contribution in [1.82, 2.24) is 20.0 Å². The summed E-state index contributed by atoms with van der Waals surface area (Å²) >= 11 is 0. The van der Waals surface area contributed by atoms with Gasteiger partial charge >= 0.3 is 6.03 Å². The molecule has 0 spiro atoms. The molecule has 0 aromatic carbocycles. The number of likely N-dealkylation sites (tertiary alicyclic amines) is 1. The van der Waals surface area contributed by atoms with Crippen LogP contribution >= 0.6 is 0 Å². The number of aryl methyl sites for hydroxylation is 1. The molecule has 1 aliphatic carbocycles. The van der Waals surface area contributed by atoms with Gasteiger partial charge in [-0.1, -0.05) is 0 Å². The van der Waals surface area contributed by atoms with E-state index in [1.165, 1.54) is 0 Å². The van der Waals surface area contributed by atoms with Crippen molar-refractivity contribution in [2.75, 3.05) is 13.1 Å². The van der Waals surface area contributed by atoms with Crippen molar-refractivity contribution in [3.8, 4) is 6.07 Å². The van der Waals surface area contributed by atoms with Gasteiger partial charge in [0.05, 0.1) is 18.3 Å². The van der Waals surface area contributed by atoms with E-state index in [2.05, 4.69) is 16.5 Å². The maximum atomic E-state index is 12.4. The third-order valence-electron chi connectivity index (χ3n) is 4.65. The van der Waals surface area contributed by atoms with E-state index in [1.807, 2.05) is 24.3 Å². The first kappa shape index (κ1) is 13.9. The topological polar surface area (TPSA) is 74.0 Å². The number of hydrogen-bond donors (Lipinski definition) is 1. The van der Waals surface area contributed by atoms with Crippen molar-refractivity contribution in [3.05, 3.63) is 18.0 Å². The normalized spacial score (nSPS) is 22.9. The third-order valence-corrected chi connectivity index (χ3v) is 4.65. The molecule has 6 heteroatoms. The first-order valence-electron chi connectivity index (χ1n) is 7.53. The molecule has 2 fully saturated rings. The second-order valence-corrected chi connectivity index (χ2v) is 6.29. The number of nitriles is 1. The van der Waals surface area contributed by atoms with Gasteiger partial charge in [-0.3, -0.25) is 4.68 Å². The summed E-state index contributed by atoms with van der Waals surface area (Å²) in [6.07, 6.45) is 8.47. The molecule has 3 rings (SSSR count). The number of urea groups is 1. The molecule has 1 saturated heterocycles. The zero-order valence-electron chi connectivity index (χ0n) is 12.4. The lowest BCUT2D eigenvalue weighted by Gasteiger charge is -2.25. The Morgan fingerprint density at radius 2 is 2.43 bits per heavy atom. The predicted octanol–water partition coefficient (Wildman–Crippen LogP) is 1.96. The molecule has 2 heterocycles. The maximum Gasteiger partial charge on any atom is 0.317 e. The van der Waals surface area contributed by atoms with E-state index in [4.69, 9.17) is 5.26 Å². The highest BCUT2D eigenvalue weighted by molar-refractivity contribution is 5.75. The summed E-state index contributed by atoms with van der Waals surface area (Å²) < 4.78 is 1.77. The molecule has 6 nitrogen and oxygen atoms in total. The number of carbonyl (C=O) groups is 1. The molecule has 0 radical (unpaired) electrons. The molecule has 0 bridgehead atoms. The molecule has 1 aliphatic heterocycles. The van der Waals surface area contributed by atoms with Crippen LogP contribution in [0.15, 0.2) is 12.4 Å². The van der Waals surface area contributed by atoms with Gasteiger partial charge in [-0.25, -0.2) is 4.79 Å². The molecule has 1 N–H and O–H groups in total. The van der Waals surface area contributed by atoms with Crippen molar-refractivity contribution in [1.29, 1.82) is 5.26 Å². The third kappa shape index (κ3) is 2.87. The zero-order valence-corrected chi connectivity index (χ0v) is 12.4. The fraction of sp³-hybridized carbons (Fsp3) is 0.667. The minimum atomic E-state index is -0.00873. The van der Waals surface area contributed by atoms with Gasteiger partial charge < -0.3 is 10.2 Å². The summed E-state index contributed by atoms with van der Waals surface area (Å²) in [6.45, 7) is 1.41. The molecule has 1 saturated carbocycles. The molecule has 2 aliphatic rings. The molecule has 1 atom stereocenters. The Morgan fingerprint density at radius 1 is 1.62 bits per heavy atom. The van der Waals surface area contributed by atoms with E-state index in [9.17, 15) is 4.79 Å². The van der Waals surface area contributed by atoms with Crippen LogP contribution in [0.1, 0.15) is 43.7 Å². The minimum absolute atomic E-state index is 0.00873. The summed E-state index contributed by atoms with van der Waals surface area (Å²) in [5.74, 6) is 0. The van der Waals surface area contributed by atoms with Gasteiger partial charge in [-0.05, 0) is 25.7 Å². The summed E-state index contributed by atoms with van der Waals surface area (Å²) in [5.41, 5.74) is 1.15.